The van der Waals surface area contributed by atoms with E-state index in [-0.39, 0.29) is 5.56 Å². The van der Waals surface area contributed by atoms with Gasteiger partial charge in [-0.2, -0.15) is 0 Å². The Balaban J connectivity index is 2.64. The largest absolute Gasteiger partial charge is 0.478 e. The molecule has 92 valence electrons. The van der Waals surface area contributed by atoms with E-state index < -0.39 is 11.8 Å². The fourth-order valence-corrected chi connectivity index (χ4v) is 1.93. The summed E-state index contributed by atoms with van der Waals surface area (Å²) in [5.41, 5.74) is 3.53. The summed E-state index contributed by atoms with van der Waals surface area (Å²) < 4.78 is 13.4. The number of aromatic carboxylic acids is 1. The Kier molecular flexibility index (Phi) is 3.15. The van der Waals surface area contributed by atoms with E-state index >= 15 is 0 Å². The van der Waals surface area contributed by atoms with Crippen LogP contribution in [0.15, 0.2) is 36.4 Å². The molecule has 0 unspecified atom stereocenters. The molecule has 0 saturated heterocycles. The van der Waals surface area contributed by atoms with E-state index in [9.17, 15) is 9.18 Å². The average molecular weight is 244 g/mol. The molecule has 2 aromatic rings. The van der Waals surface area contributed by atoms with Gasteiger partial charge in [0, 0.05) is 0 Å². The molecule has 0 aliphatic rings. The van der Waals surface area contributed by atoms with Crippen LogP contribution in [0.2, 0.25) is 0 Å². The second kappa shape index (κ2) is 4.61. The molecule has 0 saturated carbocycles. The van der Waals surface area contributed by atoms with E-state index in [4.69, 9.17) is 5.11 Å². The zero-order chi connectivity index (χ0) is 13.3. The second-order valence-electron chi connectivity index (χ2n) is 4.28. The maximum Gasteiger partial charge on any atom is 0.335 e. The molecule has 3 heteroatoms. The van der Waals surface area contributed by atoms with Crippen molar-refractivity contribution in [3.05, 3.63) is 58.9 Å². The number of hydrogen-bond acceptors (Lipinski definition) is 1. The first-order valence-corrected chi connectivity index (χ1v) is 5.59. The predicted octanol–water partition coefficient (Wildman–Crippen LogP) is 3.81. The SMILES string of the molecule is Cc1cccc(-c2cc(F)cc(C(=O)O)c2)c1C. The fourth-order valence-electron chi connectivity index (χ4n) is 1.93. The Bertz CT molecular complexity index is 618. The summed E-state index contributed by atoms with van der Waals surface area (Å²) in [5, 5.41) is 8.94. The van der Waals surface area contributed by atoms with Crippen molar-refractivity contribution in [2.45, 2.75) is 13.8 Å². The molecule has 1 N–H and O–H groups in total. The quantitative estimate of drug-likeness (QED) is 0.872. The third kappa shape index (κ3) is 2.25. The highest BCUT2D eigenvalue weighted by Crippen LogP contribution is 2.27. The maximum atomic E-state index is 13.4. The zero-order valence-electron chi connectivity index (χ0n) is 10.2. The van der Waals surface area contributed by atoms with E-state index in [0.29, 0.717) is 5.56 Å². The van der Waals surface area contributed by atoms with E-state index in [1.54, 1.807) is 0 Å². The molecule has 0 aromatic heterocycles. The lowest BCUT2D eigenvalue weighted by Crippen LogP contribution is -1.98. The topological polar surface area (TPSA) is 37.3 Å². The molecular weight excluding hydrogens is 231 g/mol. The zero-order valence-corrected chi connectivity index (χ0v) is 10.2. The first kappa shape index (κ1) is 12.3. The van der Waals surface area contributed by atoms with Crippen LogP contribution in [0, 0.1) is 19.7 Å². The molecule has 18 heavy (non-hydrogen) atoms. The standard InChI is InChI=1S/C15H13FO2/c1-9-4-3-5-14(10(9)2)11-6-12(15(17)18)8-13(16)7-11/h3-8H,1-2H3,(H,17,18). The third-order valence-electron chi connectivity index (χ3n) is 3.06. The molecule has 2 nitrogen and oxygen atoms in total. The van der Waals surface area contributed by atoms with Crippen molar-refractivity contribution in [3.63, 3.8) is 0 Å². The van der Waals surface area contributed by atoms with Crippen molar-refractivity contribution in [2.24, 2.45) is 0 Å². The smallest absolute Gasteiger partial charge is 0.335 e. The van der Waals surface area contributed by atoms with E-state index in [1.807, 2.05) is 32.0 Å². The van der Waals surface area contributed by atoms with Gasteiger partial charge in [0.2, 0.25) is 0 Å². The van der Waals surface area contributed by atoms with Crippen LogP contribution in [-0.4, -0.2) is 11.1 Å². The number of rotatable bonds is 2. The van der Waals surface area contributed by atoms with Crippen molar-refractivity contribution in [1.29, 1.82) is 0 Å². The number of carboxylic acid groups (broad SMARTS) is 1. The van der Waals surface area contributed by atoms with Crippen molar-refractivity contribution >= 4 is 5.97 Å². The Morgan fingerprint density at radius 2 is 1.89 bits per heavy atom. The monoisotopic (exact) mass is 244 g/mol. The molecule has 0 heterocycles. The van der Waals surface area contributed by atoms with Crippen molar-refractivity contribution in [1.82, 2.24) is 0 Å². The maximum absolute atomic E-state index is 13.4. The highest BCUT2D eigenvalue weighted by molar-refractivity contribution is 5.89. The Hall–Kier alpha value is -2.16. The minimum atomic E-state index is -1.12. The van der Waals surface area contributed by atoms with Gasteiger partial charge in [-0.1, -0.05) is 18.2 Å². The van der Waals surface area contributed by atoms with Crippen LogP contribution in [0.5, 0.6) is 0 Å². The Labute approximate surface area is 105 Å². The molecule has 0 spiro atoms. The molecule has 0 amide bonds. The number of benzene rings is 2. The van der Waals surface area contributed by atoms with Crippen LogP contribution in [0.25, 0.3) is 11.1 Å². The van der Waals surface area contributed by atoms with Crippen LogP contribution in [0.3, 0.4) is 0 Å². The Morgan fingerprint density at radius 3 is 2.56 bits per heavy atom. The van der Waals surface area contributed by atoms with Crippen LogP contribution in [0.4, 0.5) is 4.39 Å². The van der Waals surface area contributed by atoms with Gasteiger partial charge in [0.05, 0.1) is 5.56 Å². The molecular formula is C15H13FO2. The highest BCUT2D eigenvalue weighted by Gasteiger charge is 2.10. The first-order chi connectivity index (χ1) is 8.49. The van der Waals surface area contributed by atoms with E-state index in [1.165, 1.54) is 12.1 Å². The van der Waals surface area contributed by atoms with Gasteiger partial charge in [0.15, 0.2) is 0 Å². The van der Waals surface area contributed by atoms with Gasteiger partial charge in [0.1, 0.15) is 5.82 Å². The molecule has 0 aliphatic carbocycles. The lowest BCUT2D eigenvalue weighted by molar-refractivity contribution is 0.0696. The highest BCUT2D eigenvalue weighted by atomic mass is 19.1. The Morgan fingerprint density at radius 1 is 1.17 bits per heavy atom. The number of hydrogen-bond donors (Lipinski definition) is 1. The molecule has 0 radical (unpaired) electrons. The van der Waals surface area contributed by atoms with Gasteiger partial charge in [-0.15, -0.1) is 0 Å². The molecule has 2 aromatic carbocycles. The number of halogens is 1. The molecule has 0 atom stereocenters. The van der Waals surface area contributed by atoms with Gasteiger partial charge in [-0.05, 0) is 54.3 Å². The first-order valence-electron chi connectivity index (χ1n) is 5.59. The number of carboxylic acids is 1. The molecule has 2 rings (SSSR count). The van der Waals surface area contributed by atoms with Crippen LogP contribution in [-0.2, 0) is 0 Å². The average Bonchev–Trinajstić information content (AvgIpc) is 2.31. The molecule has 0 bridgehead atoms. The summed E-state index contributed by atoms with van der Waals surface area (Å²) in [5.74, 6) is -1.66. The van der Waals surface area contributed by atoms with Gasteiger partial charge >= 0.3 is 5.97 Å². The second-order valence-corrected chi connectivity index (χ2v) is 4.28. The van der Waals surface area contributed by atoms with Crippen LogP contribution in [0.1, 0.15) is 21.5 Å². The lowest BCUT2D eigenvalue weighted by Gasteiger charge is -2.09. The van der Waals surface area contributed by atoms with Gasteiger partial charge < -0.3 is 5.11 Å². The van der Waals surface area contributed by atoms with Crippen molar-refractivity contribution in [2.75, 3.05) is 0 Å². The van der Waals surface area contributed by atoms with Crippen molar-refractivity contribution in [3.8, 4) is 11.1 Å². The molecule has 0 fully saturated rings. The minimum Gasteiger partial charge on any atom is -0.478 e. The lowest BCUT2D eigenvalue weighted by atomic mass is 9.96. The summed E-state index contributed by atoms with van der Waals surface area (Å²) in [6.45, 7) is 3.91. The fraction of sp³-hybridized carbons (Fsp3) is 0.133. The third-order valence-corrected chi connectivity index (χ3v) is 3.06. The van der Waals surface area contributed by atoms with Gasteiger partial charge in [-0.25, -0.2) is 9.18 Å². The summed E-state index contributed by atoms with van der Waals surface area (Å²) in [7, 11) is 0. The van der Waals surface area contributed by atoms with E-state index in [2.05, 4.69) is 0 Å². The van der Waals surface area contributed by atoms with E-state index in [0.717, 1.165) is 22.8 Å². The number of aryl methyl sites for hydroxylation is 1. The summed E-state index contributed by atoms with van der Waals surface area (Å²) in [4.78, 5) is 10.9. The summed E-state index contributed by atoms with van der Waals surface area (Å²) in [6, 6.07) is 9.58. The minimum absolute atomic E-state index is 0.0362. The molecule has 0 aliphatic heterocycles. The number of carbonyl (C=O) groups is 1. The van der Waals surface area contributed by atoms with Crippen LogP contribution < -0.4 is 0 Å². The van der Waals surface area contributed by atoms with Crippen LogP contribution >= 0.6 is 0 Å². The predicted molar refractivity (Wildman–Crippen MR) is 68.3 cm³/mol. The van der Waals surface area contributed by atoms with Crippen molar-refractivity contribution < 1.29 is 14.3 Å². The van der Waals surface area contributed by atoms with Gasteiger partial charge in [0.25, 0.3) is 0 Å². The normalized spacial score (nSPS) is 10.4. The van der Waals surface area contributed by atoms with Gasteiger partial charge in [-0.3, -0.25) is 0 Å². The summed E-state index contributed by atoms with van der Waals surface area (Å²) >= 11 is 0. The summed E-state index contributed by atoms with van der Waals surface area (Å²) in [6.07, 6.45) is 0.